The summed E-state index contributed by atoms with van der Waals surface area (Å²) in [6.07, 6.45) is 1.61. The zero-order chi connectivity index (χ0) is 24.8. The van der Waals surface area contributed by atoms with Crippen LogP contribution in [-0.2, 0) is 14.6 Å². The molecule has 11 nitrogen and oxygen atoms in total. The largest absolute Gasteiger partial charge is 0.345 e. The number of H-pyrrole nitrogens is 2. The third-order valence-corrected chi connectivity index (χ3v) is 7.79. The molecule has 34 heavy (non-hydrogen) atoms. The second kappa shape index (κ2) is 8.73. The van der Waals surface area contributed by atoms with Gasteiger partial charge in [0, 0.05) is 27.8 Å². The Hall–Kier alpha value is -2.86. The van der Waals surface area contributed by atoms with Crippen LogP contribution in [0.2, 0.25) is 10.0 Å². The molecule has 0 saturated heterocycles. The van der Waals surface area contributed by atoms with E-state index in [9.17, 15) is 32.4 Å². The van der Waals surface area contributed by atoms with E-state index >= 15 is 0 Å². The summed E-state index contributed by atoms with van der Waals surface area (Å²) in [6.45, 7) is 0. The van der Waals surface area contributed by atoms with E-state index < -0.39 is 35.2 Å². The van der Waals surface area contributed by atoms with Crippen molar-refractivity contribution in [2.75, 3.05) is 10.6 Å². The van der Waals surface area contributed by atoms with E-state index in [4.69, 9.17) is 23.2 Å². The summed E-state index contributed by atoms with van der Waals surface area (Å²) in [5.41, 5.74) is -0.781. The third kappa shape index (κ3) is 4.83. The predicted molar refractivity (Wildman–Crippen MR) is 128 cm³/mol. The van der Waals surface area contributed by atoms with Crippen LogP contribution >= 0.6 is 30.8 Å². The van der Waals surface area contributed by atoms with Gasteiger partial charge in [-0.25, -0.2) is 13.2 Å². The molecule has 0 amide bonds. The van der Waals surface area contributed by atoms with Crippen molar-refractivity contribution in [1.29, 1.82) is 0 Å². The van der Waals surface area contributed by atoms with Gasteiger partial charge in [0.15, 0.2) is 0 Å². The van der Waals surface area contributed by atoms with Gasteiger partial charge in [0.2, 0.25) is 0 Å². The van der Waals surface area contributed by atoms with Gasteiger partial charge in [0.25, 0.3) is 15.6 Å². The molecule has 0 saturated carbocycles. The molecule has 0 aliphatic heterocycles. The quantitative estimate of drug-likeness (QED) is 0.271. The Morgan fingerprint density at radius 2 is 1.71 bits per heavy atom. The molecule has 0 atom stereocenters. The van der Waals surface area contributed by atoms with Crippen molar-refractivity contribution in [3.05, 3.63) is 85.7 Å². The topological polar surface area (TPSA) is 166 Å². The highest BCUT2D eigenvalue weighted by molar-refractivity contribution is 7.93. The Morgan fingerprint density at radius 1 is 1.03 bits per heavy atom. The molecule has 0 radical (unpaired) electrons. The van der Waals surface area contributed by atoms with E-state index in [0.29, 0.717) is 15.2 Å². The SMILES string of the molecule is O=c1[nH]cc(-n2ccc3cc(N(CP(=O)(O)O)S(=O)(=O)c4cc(Cl)cc(Cl)c4)ccc32)c(=O)[nH]1. The second-order valence-electron chi connectivity index (χ2n) is 7.15. The van der Waals surface area contributed by atoms with Crippen molar-refractivity contribution in [1.82, 2.24) is 14.5 Å². The van der Waals surface area contributed by atoms with Gasteiger partial charge in [-0.3, -0.25) is 18.6 Å². The number of hydrogen-bond donors (Lipinski definition) is 4. The van der Waals surface area contributed by atoms with Gasteiger partial charge >= 0.3 is 13.3 Å². The molecule has 2 aromatic carbocycles. The van der Waals surface area contributed by atoms with Crippen LogP contribution in [0.5, 0.6) is 0 Å². The number of sulfonamides is 1. The number of rotatable bonds is 6. The molecular formula is C19H15Cl2N4O7PS. The zero-order valence-electron chi connectivity index (χ0n) is 16.8. The fourth-order valence-electron chi connectivity index (χ4n) is 3.35. The maximum absolute atomic E-state index is 13.3. The molecule has 0 aliphatic rings. The van der Waals surface area contributed by atoms with Crippen LogP contribution < -0.4 is 15.6 Å². The van der Waals surface area contributed by atoms with E-state index in [-0.39, 0.29) is 26.3 Å². The van der Waals surface area contributed by atoms with Crippen LogP contribution in [0.1, 0.15) is 0 Å². The van der Waals surface area contributed by atoms with Crippen LogP contribution in [0.3, 0.4) is 0 Å². The van der Waals surface area contributed by atoms with Gasteiger partial charge in [-0.1, -0.05) is 23.2 Å². The molecular weight excluding hydrogens is 530 g/mol. The Labute approximate surface area is 201 Å². The molecule has 0 bridgehead atoms. The summed E-state index contributed by atoms with van der Waals surface area (Å²) in [4.78, 5) is 46.7. The lowest BCUT2D eigenvalue weighted by atomic mass is 10.2. The zero-order valence-corrected chi connectivity index (χ0v) is 20.1. The van der Waals surface area contributed by atoms with Crippen LogP contribution in [0.25, 0.3) is 16.6 Å². The Kier molecular flexibility index (Phi) is 6.23. The van der Waals surface area contributed by atoms with Crippen molar-refractivity contribution < 1.29 is 22.8 Å². The van der Waals surface area contributed by atoms with Gasteiger partial charge < -0.3 is 19.3 Å². The van der Waals surface area contributed by atoms with Crippen LogP contribution in [-0.4, -0.2) is 39.0 Å². The summed E-state index contributed by atoms with van der Waals surface area (Å²) in [7, 11) is -9.33. The van der Waals surface area contributed by atoms with Gasteiger partial charge in [-0.15, -0.1) is 0 Å². The highest BCUT2D eigenvalue weighted by atomic mass is 35.5. The Morgan fingerprint density at radius 3 is 2.32 bits per heavy atom. The normalized spacial score (nSPS) is 12.2. The first kappa shape index (κ1) is 24.3. The summed E-state index contributed by atoms with van der Waals surface area (Å²) in [5, 5.41) is 0.514. The van der Waals surface area contributed by atoms with E-state index in [1.807, 2.05) is 0 Å². The Balaban J connectivity index is 1.86. The number of fused-ring (bicyclic) bond motifs is 1. The second-order valence-corrected chi connectivity index (χ2v) is 11.5. The van der Waals surface area contributed by atoms with Crippen molar-refractivity contribution in [3.8, 4) is 5.69 Å². The average Bonchev–Trinajstić information content (AvgIpc) is 3.13. The van der Waals surface area contributed by atoms with Gasteiger partial charge in [-0.2, -0.15) is 0 Å². The first-order valence-electron chi connectivity index (χ1n) is 9.32. The molecule has 0 spiro atoms. The number of benzene rings is 2. The lowest BCUT2D eigenvalue weighted by molar-refractivity contribution is 0.373. The standard InChI is InChI=1S/C19H15Cl2N4O7PS/c20-12-6-13(21)8-15(7-12)34(31,32)25(10-33(28,29)30)14-1-2-16-11(5-14)3-4-24(16)17-9-22-19(27)23-18(17)26/h1-9H,10H2,(H2,28,29,30)(H2,22,23,26,27). The van der Waals surface area contributed by atoms with Gasteiger partial charge in [-0.05, 0) is 42.5 Å². The lowest BCUT2D eigenvalue weighted by Crippen LogP contribution is -2.32. The smallest absolute Gasteiger partial charge is 0.323 e. The molecule has 15 heteroatoms. The third-order valence-electron chi connectivity index (χ3n) is 4.76. The number of nitrogens with zero attached hydrogens (tertiary/aromatic N) is 2. The van der Waals surface area contributed by atoms with Crippen molar-refractivity contribution in [3.63, 3.8) is 0 Å². The highest BCUT2D eigenvalue weighted by Crippen LogP contribution is 2.40. The molecule has 0 unspecified atom stereocenters. The predicted octanol–water partition coefficient (Wildman–Crippen LogP) is 2.64. The minimum absolute atomic E-state index is 0.0286. The van der Waals surface area contributed by atoms with E-state index in [1.165, 1.54) is 41.2 Å². The number of anilines is 1. The molecule has 0 fully saturated rings. The van der Waals surface area contributed by atoms with Crippen LogP contribution in [0.4, 0.5) is 5.69 Å². The number of aromatic nitrogens is 3. The molecule has 4 aromatic rings. The van der Waals surface area contributed by atoms with Gasteiger partial charge in [0.1, 0.15) is 12.0 Å². The maximum Gasteiger partial charge on any atom is 0.345 e. The van der Waals surface area contributed by atoms with E-state index in [0.717, 1.165) is 12.1 Å². The lowest BCUT2D eigenvalue weighted by Gasteiger charge is -2.25. The fourth-order valence-corrected chi connectivity index (χ4v) is 6.76. The average molecular weight is 545 g/mol. The summed E-state index contributed by atoms with van der Waals surface area (Å²) in [6, 6.07) is 9.33. The highest BCUT2D eigenvalue weighted by Gasteiger charge is 2.32. The molecule has 2 heterocycles. The van der Waals surface area contributed by atoms with Crippen molar-refractivity contribution in [2.45, 2.75) is 4.90 Å². The minimum atomic E-state index is -4.85. The number of halogens is 2. The number of nitrogens with one attached hydrogen (secondary N) is 2. The van der Waals surface area contributed by atoms with Gasteiger partial charge in [0.05, 0.1) is 16.1 Å². The van der Waals surface area contributed by atoms with Crippen molar-refractivity contribution in [2.24, 2.45) is 0 Å². The van der Waals surface area contributed by atoms with E-state index in [2.05, 4.69) is 9.97 Å². The fraction of sp³-hybridized carbons (Fsp3) is 0.0526. The molecule has 4 N–H and O–H groups in total. The first-order valence-corrected chi connectivity index (χ1v) is 13.3. The van der Waals surface area contributed by atoms with Crippen LogP contribution in [0, 0.1) is 0 Å². The summed E-state index contributed by atoms with van der Waals surface area (Å²) in [5.74, 6) is 0. The van der Waals surface area contributed by atoms with E-state index in [1.54, 1.807) is 6.07 Å². The molecule has 2 aromatic heterocycles. The number of hydrogen-bond acceptors (Lipinski definition) is 5. The maximum atomic E-state index is 13.3. The molecule has 178 valence electrons. The minimum Gasteiger partial charge on any atom is -0.323 e. The molecule has 4 rings (SSSR count). The number of aromatic amines is 2. The first-order chi connectivity index (χ1) is 15.8. The summed E-state index contributed by atoms with van der Waals surface area (Å²) >= 11 is 11.9. The summed E-state index contributed by atoms with van der Waals surface area (Å²) < 4.78 is 40.5. The van der Waals surface area contributed by atoms with Crippen molar-refractivity contribution >= 4 is 57.4 Å². The monoisotopic (exact) mass is 544 g/mol. The Bertz CT molecular complexity index is 1670. The van der Waals surface area contributed by atoms with Crippen LogP contribution in [0.15, 0.2) is 69.3 Å². The molecule has 0 aliphatic carbocycles.